The van der Waals surface area contributed by atoms with Crippen LogP contribution in [-0.4, -0.2) is 19.2 Å². The van der Waals surface area contributed by atoms with Crippen molar-refractivity contribution in [2.45, 2.75) is 32.6 Å². The molecule has 104 valence electrons. The third kappa shape index (κ3) is 6.65. The number of carbonyl (C=O) groups excluding carboxylic acids is 1. The largest absolute Gasteiger partial charge is 0.494 e. The highest BCUT2D eigenvalue weighted by Crippen LogP contribution is 2.13. The topological polar surface area (TPSA) is 35.5 Å². The number of aryl methyl sites for hydroxylation is 1. The SMILES string of the molecule is C=CC(=O)OCCCCOc1ccc(CCC)cc1. The fourth-order valence-corrected chi connectivity index (χ4v) is 1.67. The van der Waals surface area contributed by atoms with Gasteiger partial charge in [0.2, 0.25) is 0 Å². The van der Waals surface area contributed by atoms with E-state index in [1.165, 1.54) is 11.6 Å². The van der Waals surface area contributed by atoms with Crippen LogP contribution in [0.5, 0.6) is 5.75 Å². The number of rotatable bonds is 9. The third-order valence-corrected chi connectivity index (χ3v) is 2.68. The van der Waals surface area contributed by atoms with E-state index >= 15 is 0 Å². The summed E-state index contributed by atoms with van der Waals surface area (Å²) in [5.74, 6) is 0.523. The Balaban J connectivity index is 2.12. The van der Waals surface area contributed by atoms with Crippen LogP contribution < -0.4 is 4.74 Å². The maximum Gasteiger partial charge on any atom is 0.330 e. The van der Waals surface area contributed by atoms with E-state index in [1.807, 2.05) is 12.1 Å². The van der Waals surface area contributed by atoms with Crippen LogP contribution in [0.25, 0.3) is 0 Å². The molecule has 1 aromatic carbocycles. The number of esters is 1. The summed E-state index contributed by atoms with van der Waals surface area (Å²) in [5, 5.41) is 0. The van der Waals surface area contributed by atoms with Gasteiger partial charge in [0.15, 0.2) is 0 Å². The second-order valence-electron chi connectivity index (χ2n) is 4.32. The first-order valence-electron chi connectivity index (χ1n) is 6.77. The zero-order valence-electron chi connectivity index (χ0n) is 11.6. The van der Waals surface area contributed by atoms with E-state index in [0.717, 1.165) is 31.4 Å². The van der Waals surface area contributed by atoms with E-state index in [1.54, 1.807) is 0 Å². The van der Waals surface area contributed by atoms with Gasteiger partial charge in [0.05, 0.1) is 13.2 Å². The second-order valence-corrected chi connectivity index (χ2v) is 4.32. The molecule has 0 heterocycles. The molecule has 19 heavy (non-hydrogen) atoms. The molecule has 0 fully saturated rings. The molecule has 0 N–H and O–H groups in total. The number of hydrogen-bond acceptors (Lipinski definition) is 3. The molecule has 0 amide bonds. The van der Waals surface area contributed by atoms with Crippen molar-refractivity contribution in [1.29, 1.82) is 0 Å². The van der Waals surface area contributed by atoms with Crippen LogP contribution in [0.4, 0.5) is 0 Å². The van der Waals surface area contributed by atoms with Gasteiger partial charge in [0, 0.05) is 6.08 Å². The van der Waals surface area contributed by atoms with E-state index in [-0.39, 0.29) is 5.97 Å². The molecule has 1 aromatic rings. The molecule has 0 saturated carbocycles. The molecule has 0 aromatic heterocycles. The Kier molecular flexibility index (Phi) is 7.40. The summed E-state index contributed by atoms with van der Waals surface area (Å²) < 4.78 is 10.5. The number of ether oxygens (including phenoxy) is 2. The van der Waals surface area contributed by atoms with Gasteiger partial charge >= 0.3 is 5.97 Å². The van der Waals surface area contributed by atoms with Gasteiger partial charge in [-0.15, -0.1) is 0 Å². The highest BCUT2D eigenvalue weighted by molar-refractivity contribution is 5.81. The van der Waals surface area contributed by atoms with Crippen molar-refractivity contribution < 1.29 is 14.3 Å². The van der Waals surface area contributed by atoms with Gasteiger partial charge in [-0.3, -0.25) is 0 Å². The van der Waals surface area contributed by atoms with Crippen LogP contribution in [0.2, 0.25) is 0 Å². The monoisotopic (exact) mass is 262 g/mol. The summed E-state index contributed by atoms with van der Waals surface area (Å²) >= 11 is 0. The predicted molar refractivity (Wildman–Crippen MR) is 76.3 cm³/mol. The Bertz CT molecular complexity index is 381. The van der Waals surface area contributed by atoms with Gasteiger partial charge in [-0.2, -0.15) is 0 Å². The second kappa shape index (κ2) is 9.20. The average Bonchev–Trinajstić information content (AvgIpc) is 2.44. The maximum absolute atomic E-state index is 10.8. The van der Waals surface area contributed by atoms with E-state index in [0.29, 0.717) is 13.2 Å². The van der Waals surface area contributed by atoms with Crippen molar-refractivity contribution in [3.63, 3.8) is 0 Å². The lowest BCUT2D eigenvalue weighted by atomic mass is 10.1. The molecule has 0 bridgehead atoms. The number of hydrogen-bond donors (Lipinski definition) is 0. The van der Waals surface area contributed by atoms with Gasteiger partial charge in [0.1, 0.15) is 5.75 Å². The molecule has 0 unspecified atom stereocenters. The first-order valence-corrected chi connectivity index (χ1v) is 6.77. The molecule has 0 spiro atoms. The molecule has 0 radical (unpaired) electrons. The fourth-order valence-electron chi connectivity index (χ4n) is 1.67. The van der Waals surface area contributed by atoms with E-state index in [4.69, 9.17) is 9.47 Å². The number of benzene rings is 1. The highest BCUT2D eigenvalue weighted by Gasteiger charge is 1.97. The van der Waals surface area contributed by atoms with Crippen molar-refractivity contribution in [3.05, 3.63) is 42.5 Å². The molecule has 0 aliphatic rings. The molecule has 3 nitrogen and oxygen atoms in total. The van der Waals surface area contributed by atoms with Crippen LogP contribution in [-0.2, 0) is 16.0 Å². The van der Waals surface area contributed by atoms with Gasteiger partial charge in [0.25, 0.3) is 0 Å². The first kappa shape index (κ1) is 15.3. The first-order chi connectivity index (χ1) is 9.26. The van der Waals surface area contributed by atoms with Crippen LogP contribution in [0.1, 0.15) is 31.7 Å². The summed E-state index contributed by atoms with van der Waals surface area (Å²) in [6.45, 7) is 6.56. The maximum atomic E-state index is 10.8. The minimum Gasteiger partial charge on any atom is -0.494 e. The van der Waals surface area contributed by atoms with Crippen molar-refractivity contribution in [3.8, 4) is 5.75 Å². The highest BCUT2D eigenvalue weighted by atomic mass is 16.5. The number of carbonyl (C=O) groups is 1. The smallest absolute Gasteiger partial charge is 0.330 e. The summed E-state index contributed by atoms with van der Waals surface area (Å²) in [7, 11) is 0. The Hall–Kier alpha value is -1.77. The lowest BCUT2D eigenvalue weighted by Gasteiger charge is -2.07. The standard InChI is InChI=1S/C16H22O3/c1-3-7-14-8-10-15(11-9-14)18-12-5-6-13-19-16(17)4-2/h4,8-11H,2-3,5-7,12-13H2,1H3. The minimum absolute atomic E-state index is 0.368. The fraction of sp³-hybridized carbons (Fsp3) is 0.438. The van der Waals surface area contributed by atoms with E-state index in [9.17, 15) is 4.79 Å². The summed E-state index contributed by atoms with van der Waals surface area (Å²) in [6, 6.07) is 8.21. The Labute approximate surface area is 115 Å². The van der Waals surface area contributed by atoms with Gasteiger partial charge in [-0.25, -0.2) is 4.79 Å². The number of unbranched alkanes of at least 4 members (excludes halogenated alkanes) is 1. The molecular weight excluding hydrogens is 240 g/mol. The van der Waals surface area contributed by atoms with Gasteiger partial charge in [-0.1, -0.05) is 32.1 Å². The van der Waals surface area contributed by atoms with Crippen molar-refractivity contribution in [2.75, 3.05) is 13.2 Å². The molecule has 0 atom stereocenters. The van der Waals surface area contributed by atoms with Crippen molar-refractivity contribution in [2.24, 2.45) is 0 Å². The lowest BCUT2D eigenvalue weighted by Crippen LogP contribution is -2.04. The molecule has 1 rings (SSSR count). The van der Waals surface area contributed by atoms with Crippen LogP contribution in [0, 0.1) is 0 Å². The van der Waals surface area contributed by atoms with Gasteiger partial charge in [-0.05, 0) is 37.0 Å². The predicted octanol–water partition coefficient (Wildman–Crippen LogP) is 3.53. The summed E-state index contributed by atoms with van der Waals surface area (Å²) in [5.41, 5.74) is 1.34. The average molecular weight is 262 g/mol. The Morgan fingerprint density at radius 1 is 1.21 bits per heavy atom. The van der Waals surface area contributed by atoms with Crippen LogP contribution in [0.15, 0.2) is 36.9 Å². The van der Waals surface area contributed by atoms with Crippen molar-refractivity contribution in [1.82, 2.24) is 0 Å². The quantitative estimate of drug-likeness (QED) is 0.388. The zero-order valence-corrected chi connectivity index (χ0v) is 11.6. The van der Waals surface area contributed by atoms with Crippen LogP contribution in [0.3, 0.4) is 0 Å². The zero-order chi connectivity index (χ0) is 13.9. The third-order valence-electron chi connectivity index (χ3n) is 2.68. The molecular formula is C16H22O3. The summed E-state index contributed by atoms with van der Waals surface area (Å²) in [6.07, 6.45) is 5.10. The minimum atomic E-state index is -0.368. The lowest BCUT2D eigenvalue weighted by molar-refractivity contribution is -0.137. The van der Waals surface area contributed by atoms with Crippen LogP contribution >= 0.6 is 0 Å². The molecule has 0 saturated heterocycles. The molecule has 0 aliphatic heterocycles. The van der Waals surface area contributed by atoms with Crippen molar-refractivity contribution >= 4 is 5.97 Å². The summed E-state index contributed by atoms with van der Waals surface area (Å²) in [4.78, 5) is 10.8. The Morgan fingerprint density at radius 3 is 2.53 bits per heavy atom. The van der Waals surface area contributed by atoms with Gasteiger partial charge < -0.3 is 9.47 Å². The normalized spacial score (nSPS) is 9.95. The van der Waals surface area contributed by atoms with E-state index in [2.05, 4.69) is 25.6 Å². The molecule has 3 heteroatoms. The Morgan fingerprint density at radius 2 is 1.89 bits per heavy atom. The molecule has 0 aliphatic carbocycles. The van der Waals surface area contributed by atoms with E-state index < -0.39 is 0 Å².